The van der Waals surface area contributed by atoms with Crippen molar-refractivity contribution in [1.29, 1.82) is 5.26 Å². The molecule has 1 N–H and O–H groups in total. The molecule has 1 heterocycles. The van der Waals surface area contributed by atoms with Crippen LogP contribution < -0.4 is 5.32 Å². The van der Waals surface area contributed by atoms with Crippen LogP contribution in [0.1, 0.15) is 49.4 Å². The van der Waals surface area contributed by atoms with E-state index in [1.165, 1.54) is 12.1 Å². The summed E-state index contributed by atoms with van der Waals surface area (Å²) in [7, 11) is 0. The molecule has 0 spiro atoms. The zero-order valence-electron chi connectivity index (χ0n) is 14.9. The Labute approximate surface area is 152 Å². The number of ether oxygens (including phenoxy) is 1. The first-order valence-electron chi connectivity index (χ1n) is 8.78. The van der Waals surface area contributed by atoms with Crippen molar-refractivity contribution in [1.82, 2.24) is 4.90 Å². The van der Waals surface area contributed by atoms with Crippen LogP contribution in [0.25, 0.3) is 0 Å². The number of carbonyl (C=O) groups excluding carboxylic acids is 3. The van der Waals surface area contributed by atoms with E-state index in [9.17, 15) is 14.4 Å². The fourth-order valence-corrected chi connectivity index (χ4v) is 3.01. The number of piperidine rings is 1. The molecular formula is C19H23N3O4. The second-order valence-electron chi connectivity index (χ2n) is 6.18. The van der Waals surface area contributed by atoms with Crippen LogP contribution in [0.5, 0.6) is 0 Å². The first-order chi connectivity index (χ1) is 12.5. The maximum atomic E-state index is 12.3. The van der Waals surface area contributed by atoms with Gasteiger partial charge in [0.1, 0.15) is 6.42 Å². The number of esters is 1. The molecule has 1 aliphatic rings. The molecule has 7 nitrogen and oxygen atoms in total. The minimum Gasteiger partial charge on any atom is -0.452 e. The highest BCUT2D eigenvalue weighted by molar-refractivity contribution is 5.94. The monoisotopic (exact) mass is 357 g/mol. The smallest absolute Gasteiger partial charge is 0.338 e. The third-order valence-electron chi connectivity index (χ3n) is 4.39. The lowest BCUT2D eigenvalue weighted by Gasteiger charge is -2.35. The molecule has 0 unspecified atom stereocenters. The van der Waals surface area contributed by atoms with E-state index in [1.807, 2.05) is 4.90 Å². The maximum Gasteiger partial charge on any atom is 0.338 e. The Bertz CT molecular complexity index is 694. The van der Waals surface area contributed by atoms with E-state index in [2.05, 4.69) is 12.2 Å². The fourth-order valence-electron chi connectivity index (χ4n) is 3.01. The number of rotatable bonds is 6. The molecule has 2 rings (SSSR count). The Balaban J connectivity index is 1.86. The first-order valence-corrected chi connectivity index (χ1v) is 8.78. The number of benzene rings is 1. The second-order valence-corrected chi connectivity index (χ2v) is 6.18. The number of amides is 2. The summed E-state index contributed by atoms with van der Waals surface area (Å²) >= 11 is 0. The largest absolute Gasteiger partial charge is 0.452 e. The van der Waals surface area contributed by atoms with E-state index in [0.717, 1.165) is 25.7 Å². The Morgan fingerprint density at radius 2 is 2.00 bits per heavy atom. The quantitative estimate of drug-likeness (QED) is 0.789. The molecule has 1 atom stereocenters. The molecule has 26 heavy (non-hydrogen) atoms. The number of hydrogen-bond donors (Lipinski definition) is 1. The van der Waals surface area contributed by atoms with E-state index in [4.69, 9.17) is 10.00 Å². The first kappa shape index (κ1) is 19.4. The van der Waals surface area contributed by atoms with Gasteiger partial charge < -0.3 is 15.0 Å². The summed E-state index contributed by atoms with van der Waals surface area (Å²) in [6, 6.07) is 8.09. The van der Waals surface area contributed by atoms with Crippen molar-refractivity contribution in [2.45, 2.75) is 45.1 Å². The van der Waals surface area contributed by atoms with Crippen LogP contribution in [0, 0.1) is 11.3 Å². The third-order valence-corrected chi connectivity index (χ3v) is 4.39. The van der Waals surface area contributed by atoms with Crippen molar-refractivity contribution >= 4 is 23.5 Å². The summed E-state index contributed by atoms with van der Waals surface area (Å²) in [4.78, 5) is 37.6. The van der Waals surface area contributed by atoms with Gasteiger partial charge in [-0.05, 0) is 49.9 Å². The molecule has 0 aliphatic carbocycles. The average Bonchev–Trinajstić information content (AvgIpc) is 2.66. The molecule has 1 aliphatic heterocycles. The number of carbonyl (C=O) groups is 3. The number of anilines is 1. The number of nitrogens with one attached hydrogen (secondary N) is 1. The predicted molar refractivity (Wildman–Crippen MR) is 95.2 cm³/mol. The highest BCUT2D eigenvalue weighted by atomic mass is 16.5. The predicted octanol–water partition coefficient (Wildman–Crippen LogP) is 2.49. The van der Waals surface area contributed by atoms with Gasteiger partial charge in [0.05, 0.1) is 11.6 Å². The Kier molecular flexibility index (Phi) is 7.15. The minimum atomic E-state index is -0.585. The Morgan fingerprint density at radius 3 is 2.65 bits per heavy atom. The molecule has 0 saturated carbocycles. The van der Waals surface area contributed by atoms with Gasteiger partial charge >= 0.3 is 5.97 Å². The van der Waals surface area contributed by atoms with Gasteiger partial charge in [0.15, 0.2) is 6.61 Å². The molecular weight excluding hydrogens is 334 g/mol. The van der Waals surface area contributed by atoms with Crippen LogP contribution in [0.15, 0.2) is 24.3 Å². The van der Waals surface area contributed by atoms with Crippen molar-refractivity contribution in [2.24, 2.45) is 0 Å². The average molecular weight is 357 g/mol. The second kappa shape index (κ2) is 9.56. The van der Waals surface area contributed by atoms with Gasteiger partial charge in [-0.1, -0.05) is 6.92 Å². The van der Waals surface area contributed by atoms with Crippen LogP contribution in [-0.4, -0.2) is 41.9 Å². The topological polar surface area (TPSA) is 99.5 Å². The molecule has 0 bridgehead atoms. The third kappa shape index (κ3) is 5.31. The van der Waals surface area contributed by atoms with Crippen LogP contribution in [0.4, 0.5) is 5.69 Å². The molecule has 0 radical (unpaired) electrons. The van der Waals surface area contributed by atoms with E-state index in [0.29, 0.717) is 17.8 Å². The van der Waals surface area contributed by atoms with E-state index in [1.54, 1.807) is 18.2 Å². The summed E-state index contributed by atoms with van der Waals surface area (Å²) in [6.07, 6.45) is 3.77. The Morgan fingerprint density at radius 1 is 1.27 bits per heavy atom. The van der Waals surface area contributed by atoms with Gasteiger partial charge in [-0.15, -0.1) is 0 Å². The van der Waals surface area contributed by atoms with Crippen molar-refractivity contribution in [3.63, 3.8) is 0 Å². The van der Waals surface area contributed by atoms with Crippen LogP contribution >= 0.6 is 0 Å². The summed E-state index contributed by atoms with van der Waals surface area (Å²) in [6.45, 7) is 2.50. The number of nitriles is 1. The molecule has 1 fully saturated rings. The highest BCUT2D eigenvalue weighted by Gasteiger charge is 2.26. The number of hydrogen-bond acceptors (Lipinski definition) is 5. The van der Waals surface area contributed by atoms with Gasteiger partial charge in [0.25, 0.3) is 5.91 Å². The lowest BCUT2D eigenvalue weighted by Crippen LogP contribution is -2.45. The normalized spacial score (nSPS) is 16.5. The van der Waals surface area contributed by atoms with E-state index >= 15 is 0 Å². The zero-order chi connectivity index (χ0) is 18.9. The summed E-state index contributed by atoms with van der Waals surface area (Å²) in [5.74, 6) is -1.16. The molecule has 7 heteroatoms. The van der Waals surface area contributed by atoms with Gasteiger partial charge in [0.2, 0.25) is 5.91 Å². The van der Waals surface area contributed by atoms with Crippen molar-refractivity contribution < 1.29 is 19.1 Å². The Hall–Kier alpha value is -2.88. The van der Waals surface area contributed by atoms with Gasteiger partial charge in [-0.2, -0.15) is 5.26 Å². The van der Waals surface area contributed by atoms with E-state index in [-0.39, 0.29) is 25.0 Å². The summed E-state index contributed by atoms with van der Waals surface area (Å²) in [5.41, 5.74) is 0.777. The molecule has 2 amide bonds. The van der Waals surface area contributed by atoms with Crippen LogP contribution in [-0.2, 0) is 14.3 Å². The fraction of sp³-hybridized carbons (Fsp3) is 0.474. The zero-order valence-corrected chi connectivity index (χ0v) is 14.9. The summed E-state index contributed by atoms with van der Waals surface area (Å²) in [5, 5.41) is 11.0. The summed E-state index contributed by atoms with van der Waals surface area (Å²) < 4.78 is 5.13. The highest BCUT2D eigenvalue weighted by Crippen LogP contribution is 2.19. The molecule has 138 valence electrons. The molecule has 1 aromatic rings. The minimum absolute atomic E-state index is 0.162. The van der Waals surface area contributed by atoms with Gasteiger partial charge in [-0.25, -0.2) is 4.79 Å². The van der Waals surface area contributed by atoms with Crippen molar-refractivity contribution in [3.8, 4) is 6.07 Å². The number of likely N-dealkylation sites (tertiary alicyclic amines) is 1. The molecule has 0 aromatic heterocycles. The van der Waals surface area contributed by atoms with E-state index < -0.39 is 11.9 Å². The van der Waals surface area contributed by atoms with Crippen LogP contribution in [0.2, 0.25) is 0 Å². The standard InChI is InChI=1S/C19H23N3O4/c1-2-16-5-3-4-12-22(16)18(24)13-26-19(25)14-6-8-15(9-7-14)21-17(23)10-11-20/h6-9,16H,2-5,10,12-13H2,1H3,(H,21,23)/t16-/m0/s1. The number of nitrogens with zero attached hydrogens (tertiary/aromatic N) is 2. The molecule has 1 aromatic carbocycles. The van der Waals surface area contributed by atoms with Gasteiger partial charge in [0, 0.05) is 18.3 Å². The lowest BCUT2D eigenvalue weighted by atomic mass is 10.00. The van der Waals surface area contributed by atoms with Crippen molar-refractivity contribution in [3.05, 3.63) is 29.8 Å². The van der Waals surface area contributed by atoms with Crippen molar-refractivity contribution in [2.75, 3.05) is 18.5 Å². The molecule has 1 saturated heterocycles. The van der Waals surface area contributed by atoms with Gasteiger partial charge in [-0.3, -0.25) is 9.59 Å². The van der Waals surface area contributed by atoms with Crippen LogP contribution in [0.3, 0.4) is 0 Å². The lowest BCUT2D eigenvalue weighted by molar-refractivity contribution is -0.138. The maximum absolute atomic E-state index is 12.3. The SMILES string of the molecule is CC[C@H]1CCCCN1C(=O)COC(=O)c1ccc(NC(=O)CC#N)cc1.